The molecule has 4 aromatic rings. The number of aromatic nitrogens is 8. The number of phosphoric ester groups is 1. The van der Waals surface area contributed by atoms with E-state index in [1.165, 1.54) is 28.9 Å². The number of H-pyrrole nitrogens is 1. The van der Waals surface area contributed by atoms with Gasteiger partial charge in [-0.3, -0.25) is 28.0 Å². The summed E-state index contributed by atoms with van der Waals surface area (Å²) in [4.78, 5) is 45.6. The normalized spacial score (nSPS) is 37.4. The average Bonchev–Trinajstić information content (AvgIpc) is 3.74. The smallest absolute Gasteiger partial charge is 0.382 e. The fourth-order valence-electron chi connectivity index (χ4n) is 5.77. The van der Waals surface area contributed by atoms with Crippen LogP contribution in [0.1, 0.15) is 12.5 Å². The van der Waals surface area contributed by atoms with E-state index in [1.807, 2.05) is 0 Å². The van der Waals surface area contributed by atoms with Gasteiger partial charge >= 0.3 is 7.82 Å². The van der Waals surface area contributed by atoms with E-state index in [0.29, 0.717) is 0 Å². The number of anilines is 2. The zero-order valence-corrected chi connectivity index (χ0v) is 24.8. The second-order valence-corrected chi connectivity index (χ2v) is 14.0. The molecule has 2 radical (unpaired) electrons. The molecule has 0 amide bonds. The summed E-state index contributed by atoms with van der Waals surface area (Å²) in [5, 5.41) is 0. The molecule has 10 atom stereocenters. The van der Waals surface area contributed by atoms with Gasteiger partial charge in [0.25, 0.3) is 5.56 Å². The number of alkyl halides is 1. The summed E-state index contributed by atoms with van der Waals surface area (Å²) < 4.78 is 79.7. The molecule has 0 aromatic carbocycles. The maximum absolute atomic E-state index is 16.2. The van der Waals surface area contributed by atoms with Crippen LogP contribution in [0.4, 0.5) is 16.2 Å². The van der Waals surface area contributed by atoms with E-state index in [9.17, 15) is 18.8 Å². The number of hydrogen-bond acceptors (Lipinski definition) is 16. The van der Waals surface area contributed by atoms with Crippen molar-refractivity contribution in [3.05, 3.63) is 29.3 Å². The number of rotatable bonds is 3. The first-order valence-corrected chi connectivity index (χ1v) is 16.5. The number of aromatic amines is 1. The number of imidazole rings is 2. The molecule has 3 aliphatic rings. The molecule has 45 heavy (non-hydrogen) atoms. The number of halogens is 1. The molecule has 6 N–H and O–H groups in total. The lowest BCUT2D eigenvalue weighted by molar-refractivity contribution is -0.0516. The van der Waals surface area contributed by atoms with Crippen molar-refractivity contribution in [3.63, 3.8) is 0 Å². The lowest BCUT2D eigenvalue weighted by atomic mass is 10.1. The fourth-order valence-corrected chi connectivity index (χ4v) is 8.42. The van der Waals surface area contributed by atoms with Crippen LogP contribution in [0.25, 0.3) is 22.3 Å². The Bertz CT molecular complexity index is 1940. The highest BCUT2D eigenvalue weighted by Gasteiger charge is 2.57. The van der Waals surface area contributed by atoms with Crippen LogP contribution in [0, 0.1) is 0 Å². The number of nitrogens with two attached hydrogens (primary N) is 2. The molecule has 7 rings (SSSR count). The Morgan fingerprint density at radius 2 is 1.73 bits per heavy atom. The third kappa shape index (κ3) is 5.06. The zero-order chi connectivity index (χ0) is 31.8. The zero-order valence-electron chi connectivity index (χ0n) is 23.0. The van der Waals surface area contributed by atoms with Gasteiger partial charge in [0.2, 0.25) is 13.5 Å². The van der Waals surface area contributed by atoms with Crippen molar-refractivity contribution in [1.29, 1.82) is 0 Å². The Kier molecular flexibility index (Phi) is 7.34. The monoisotopic (exact) mass is 668 g/mol. The molecule has 0 spiro atoms. The van der Waals surface area contributed by atoms with Crippen LogP contribution in [0.5, 0.6) is 0 Å². The predicted octanol–water partition coefficient (Wildman–Crippen LogP) is -0.466. The third-order valence-electron chi connectivity index (χ3n) is 7.75. The molecule has 20 nitrogen and oxygen atoms in total. The molecule has 238 valence electrons. The number of phosphoric acid groups is 1. The quantitative estimate of drug-likeness (QED) is 0.159. The van der Waals surface area contributed by atoms with Crippen LogP contribution in [0.2, 0.25) is 0 Å². The lowest BCUT2D eigenvalue weighted by Crippen LogP contribution is -2.39. The molecule has 0 aliphatic carbocycles. The van der Waals surface area contributed by atoms with E-state index in [2.05, 4.69) is 29.9 Å². The van der Waals surface area contributed by atoms with Gasteiger partial charge in [0, 0.05) is 7.11 Å². The molecular formula is C21H24BFN10O10P2. The predicted molar refractivity (Wildman–Crippen MR) is 150 cm³/mol. The number of nitrogens with zero attached hydrogens (tertiary/aromatic N) is 7. The van der Waals surface area contributed by atoms with Gasteiger partial charge in [0.15, 0.2) is 48.5 Å². The molecular weight excluding hydrogens is 644 g/mol. The van der Waals surface area contributed by atoms with Crippen molar-refractivity contribution in [2.24, 2.45) is 0 Å². The lowest BCUT2D eigenvalue weighted by Gasteiger charge is -2.30. The van der Waals surface area contributed by atoms with Crippen molar-refractivity contribution in [2.75, 3.05) is 31.8 Å². The second-order valence-electron chi connectivity index (χ2n) is 10.4. The Labute approximate surface area is 252 Å². The number of nitrogen functional groups attached to an aromatic ring is 2. The summed E-state index contributed by atoms with van der Waals surface area (Å²) in [6, 6.07) is 0. The standard InChI is InChI=1S/C21H24BFN10O10P2/c1-38-12-7-2-39-44(22,35)14-8(42-19(9(14)23)32-5-28-10-15(24)26-4-27-16(10)32)3-40-45(36,37)43-13(12)20(41-7)33-6-29-11-17(33)30-21(25)31-18(11)34/h4-9,12-14,19-20H,2-3H2,1H3,(H,36,37)(H2,24,26,27)(H3,25,30,31,34)/t7-,8-,9-,12-,13-,14-,19-,20-,44+/m1/s1. The van der Waals surface area contributed by atoms with Crippen molar-refractivity contribution in [1.82, 2.24) is 39.0 Å². The number of hydrogen-bond donors (Lipinski definition) is 4. The van der Waals surface area contributed by atoms with E-state index < -0.39 is 82.5 Å². The highest BCUT2D eigenvalue weighted by Crippen LogP contribution is 2.59. The topological polar surface area (TPSA) is 269 Å². The van der Waals surface area contributed by atoms with E-state index >= 15 is 4.39 Å². The molecule has 2 bridgehead atoms. The number of ether oxygens (including phenoxy) is 3. The van der Waals surface area contributed by atoms with Crippen LogP contribution in [-0.4, -0.2) is 108 Å². The first kappa shape index (κ1) is 30.3. The van der Waals surface area contributed by atoms with E-state index in [1.54, 1.807) is 0 Å². The third-order valence-corrected chi connectivity index (χ3v) is 10.7. The summed E-state index contributed by atoms with van der Waals surface area (Å²) in [6.07, 6.45) is -6.61. The van der Waals surface area contributed by atoms with Crippen LogP contribution in [0.3, 0.4) is 0 Å². The van der Waals surface area contributed by atoms with Gasteiger partial charge in [-0.2, -0.15) is 4.98 Å². The van der Waals surface area contributed by atoms with Gasteiger partial charge in [-0.1, -0.05) is 0 Å². The van der Waals surface area contributed by atoms with E-state index in [-0.39, 0.29) is 34.1 Å². The molecule has 3 saturated heterocycles. The number of fused-ring (bicyclic) bond motifs is 5. The highest BCUT2D eigenvalue weighted by atomic mass is 31.2. The summed E-state index contributed by atoms with van der Waals surface area (Å²) >= 11 is 0. The first-order chi connectivity index (χ1) is 21.4. The van der Waals surface area contributed by atoms with Crippen molar-refractivity contribution < 1.29 is 46.2 Å². The second kappa shape index (κ2) is 10.9. The van der Waals surface area contributed by atoms with Crippen LogP contribution in [0.15, 0.2) is 23.8 Å². The average molecular weight is 668 g/mol. The Morgan fingerprint density at radius 3 is 2.49 bits per heavy atom. The Morgan fingerprint density at radius 1 is 1.04 bits per heavy atom. The maximum Gasteiger partial charge on any atom is 0.472 e. The minimum Gasteiger partial charge on any atom is -0.382 e. The minimum atomic E-state index is -5.03. The molecule has 7 heterocycles. The first-order valence-electron chi connectivity index (χ1n) is 13.2. The highest BCUT2D eigenvalue weighted by molar-refractivity contribution is 7.84. The Hall–Kier alpha value is -3.33. The molecule has 0 saturated carbocycles. The summed E-state index contributed by atoms with van der Waals surface area (Å²) in [5.41, 5.74) is 9.34. The SMILES string of the molecule is [B][P@@]1(=O)OC[C@H]2O[C@@H](n3cnc4c(=O)[nH]c(N)nc43)[C@H](OP(=O)(O)OC[C@H]3O[C@@H](n4cnc5c(N)ncnc54)[C@H](F)[C@@H]31)[C@@H]2OC. The van der Waals surface area contributed by atoms with Crippen molar-refractivity contribution >= 4 is 56.7 Å². The summed E-state index contributed by atoms with van der Waals surface area (Å²) in [5.74, 6) is -0.201. The van der Waals surface area contributed by atoms with Gasteiger partial charge in [-0.25, -0.2) is 28.9 Å². The van der Waals surface area contributed by atoms with Gasteiger partial charge in [-0.05, 0) is 0 Å². The van der Waals surface area contributed by atoms with Crippen molar-refractivity contribution in [2.45, 2.75) is 48.7 Å². The number of methoxy groups -OCH3 is 1. The van der Waals surface area contributed by atoms with E-state index in [0.717, 1.165) is 6.33 Å². The van der Waals surface area contributed by atoms with Gasteiger partial charge in [0.05, 0.1) is 37.6 Å². The molecule has 1 unspecified atom stereocenters. The Balaban J connectivity index is 1.24. The van der Waals surface area contributed by atoms with Gasteiger partial charge in [-0.15, -0.1) is 0 Å². The van der Waals surface area contributed by atoms with Crippen LogP contribution < -0.4 is 17.0 Å². The maximum atomic E-state index is 16.2. The van der Waals surface area contributed by atoms with Crippen LogP contribution >= 0.6 is 15.1 Å². The molecule has 4 aromatic heterocycles. The van der Waals surface area contributed by atoms with Gasteiger partial charge < -0.3 is 39.7 Å². The minimum absolute atomic E-state index is 0.0315. The molecule has 3 aliphatic heterocycles. The molecule has 3 fully saturated rings. The van der Waals surface area contributed by atoms with Crippen LogP contribution in [-0.2, 0) is 36.9 Å². The number of nitrogens with one attached hydrogen (secondary N) is 1. The van der Waals surface area contributed by atoms with Gasteiger partial charge in [0.1, 0.15) is 30.2 Å². The molecule has 24 heteroatoms. The van der Waals surface area contributed by atoms with Crippen molar-refractivity contribution in [3.8, 4) is 0 Å². The summed E-state index contributed by atoms with van der Waals surface area (Å²) in [6.45, 7) is -1.34. The van der Waals surface area contributed by atoms with E-state index in [4.69, 9.17) is 46.8 Å². The summed E-state index contributed by atoms with van der Waals surface area (Å²) in [7, 11) is -2.07. The largest absolute Gasteiger partial charge is 0.472 e. The fraction of sp³-hybridized carbons (Fsp3) is 0.524.